The van der Waals surface area contributed by atoms with Gasteiger partial charge in [-0.05, 0) is 30.5 Å². The minimum Gasteiger partial charge on any atom is -0.327 e. The molecular formula is C10H11Cl2N. The molecule has 1 aliphatic carbocycles. The molecule has 0 spiro atoms. The molecule has 0 aliphatic heterocycles. The predicted molar refractivity (Wildman–Crippen MR) is 56.4 cm³/mol. The van der Waals surface area contributed by atoms with E-state index in [0.717, 1.165) is 23.4 Å². The molecule has 70 valence electrons. The molecule has 1 nitrogen and oxygen atoms in total. The Morgan fingerprint density at radius 1 is 1.23 bits per heavy atom. The van der Waals surface area contributed by atoms with Gasteiger partial charge in [-0.15, -0.1) is 0 Å². The summed E-state index contributed by atoms with van der Waals surface area (Å²) in [6.45, 7) is 0. The summed E-state index contributed by atoms with van der Waals surface area (Å²) in [4.78, 5) is 0. The van der Waals surface area contributed by atoms with Gasteiger partial charge in [-0.3, -0.25) is 0 Å². The predicted octanol–water partition coefficient (Wildman–Crippen LogP) is 3.20. The molecule has 1 saturated carbocycles. The summed E-state index contributed by atoms with van der Waals surface area (Å²) < 4.78 is 0. The monoisotopic (exact) mass is 215 g/mol. The van der Waals surface area contributed by atoms with Gasteiger partial charge in [0.05, 0.1) is 0 Å². The maximum atomic E-state index is 6.06. The molecule has 1 fully saturated rings. The molecule has 2 rings (SSSR count). The van der Waals surface area contributed by atoms with Crippen molar-refractivity contribution in [2.45, 2.75) is 24.8 Å². The average molecular weight is 216 g/mol. The lowest BCUT2D eigenvalue weighted by Gasteiger charge is -2.34. The molecule has 1 aromatic rings. The number of hydrogen-bond acceptors (Lipinski definition) is 1. The fraction of sp³-hybridized carbons (Fsp3) is 0.400. The van der Waals surface area contributed by atoms with Crippen molar-refractivity contribution in [1.29, 1.82) is 0 Å². The Bertz CT molecular complexity index is 325. The zero-order valence-electron chi connectivity index (χ0n) is 7.13. The highest BCUT2D eigenvalue weighted by Crippen LogP contribution is 2.39. The van der Waals surface area contributed by atoms with Crippen LogP contribution in [0, 0.1) is 0 Å². The quantitative estimate of drug-likeness (QED) is 0.766. The van der Waals surface area contributed by atoms with E-state index in [1.807, 2.05) is 12.1 Å². The minimum absolute atomic E-state index is 0.277. The lowest BCUT2D eigenvalue weighted by molar-refractivity contribution is 0.347. The van der Waals surface area contributed by atoms with Gasteiger partial charge in [0.1, 0.15) is 0 Å². The first-order valence-corrected chi connectivity index (χ1v) is 5.14. The van der Waals surface area contributed by atoms with Crippen molar-refractivity contribution in [2.24, 2.45) is 5.73 Å². The third-order valence-corrected chi connectivity index (χ3v) is 3.25. The standard InChI is InChI=1S/C10H11Cl2N/c11-6-1-2-7(9(12)5-6)8-3-4-10(8)13/h1-2,5,8,10H,3-4,13H2/t8-,10?/m0/s1. The van der Waals surface area contributed by atoms with Gasteiger partial charge in [0.25, 0.3) is 0 Å². The van der Waals surface area contributed by atoms with Gasteiger partial charge in [-0.1, -0.05) is 29.3 Å². The van der Waals surface area contributed by atoms with E-state index >= 15 is 0 Å². The van der Waals surface area contributed by atoms with Gasteiger partial charge in [0, 0.05) is 22.0 Å². The van der Waals surface area contributed by atoms with Crippen LogP contribution in [0.1, 0.15) is 24.3 Å². The average Bonchev–Trinajstić information content (AvgIpc) is 2.07. The Hall–Kier alpha value is -0.240. The van der Waals surface area contributed by atoms with Gasteiger partial charge >= 0.3 is 0 Å². The Morgan fingerprint density at radius 3 is 2.46 bits per heavy atom. The third-order valence-electron chi connectivity index (χ3n) is 2.69. The summed E-state index contributed by atoms with van der Waals surface area (Å²) in [6.07, 6.45) is 2.24. The van der Waals surface area contributed by atoms with Crippen molar-refractivity contribution in [1.82, 2.24) is 0 Å². The second-order valence-corrected chi connectivity index (χ2v) is 4.36. The van der Waals surface area contributed by atoms with Crippen molar-refractivity contribution in [3.63, 3.8) is 0 Å². The zero-order valence-corrected chi connectivity index (χ0v) is 8.65. The first kappa shape index (κ1) is 9.32. The maximum Gasteiger partial charge on any atom is 0.0456 e. The number of halogens is 2. The summed E-state index contributed by atoms with van der Waals surface area (Å²) >= 11 is 11.9. The molecule has 0 saturated heterocycles. The normalized spacial score (nSPS) is 27.0. The highest BCUT2D eigenvalue weighted by Gasteiger charge is 2.30. The van der Waals surface area contributed by atoms with Crippen LogP contribution in [0.25, 0.3) is 0 Å². The van der Waals surface area contributed by atoms with Crippen LogP contribution in [-0.4, -0.2) is 6.04 Å². The van der Waals surface area contributed by atoms with Gasteiger partial charge < -0.3 is 5.73 Å². The van der Waals surface area contributed by atoms with E-state index in [1.165, 1.54) is 0 Å². The number of rotatable bonds is 1. The van der Waals surface area contributed by atoms with Crippen molar-refractivity contribution in [3.8, 4) is 0 Å². The molecule has 1 unspecified atom stereocenters. The van der Waals surface area contributed by atoms with Crippen LogP contribution in [-0.2, 0) is 0 Å². The molecule has 0 aromatic heterocycles. The Kier molecular flexibility index (Phi) is 2.50. The van der Waals surface area contributed by atoms with Crippen molar-refractivity contribution >= 4 is 23.2 Å². The molecule has 1 aliphatic rings. The zero-order chi connectivity index (χ0) is 9.42. The van der Waals surface area contributed by atoms with Crippen LogP contribution >= 0.6 is 23.2 Å². The highest BCUT2D eigenvalue weighted by molar-refractivity contribution is 6.35. The number of benzene rings is 1. The lowest BCUT2D eigenvalue weighted by Crippen LogP contribution is -2.37. The number of hydrogen-bond donors (Lipinski definition) is 1. The smallest absolute Gasteiger partial charge is 0.0456 e. The first-order valence-electron chi connectivity index (χ1n) is 4.39. The van der Waals surface area contributed by atoms with Gasteiger partial charge in [-0.25, -0.2) is 0 Å². The molecule has 2 atom stereocenters. The number of nitrogens with two attached hydrogens (primary N) is 1. The fourth-order valence-electron chi connectivity index (χ4n) is 1.71. The van der Waals surface area contributed by atoms with Gasteiger partial charge in [0.2, 0.25) is 0 Å². The SMILES string of the molecule is NC1CC[C@H]1c1ccc(Cl)cc1Cl. The van der Waals surface area contributed by atoms with Crippen LogP contribution < -0.4 is 5.73 Å². The summed E-state index contributed by atoms with van der Waals surface area (Å²) in [5.41, 5.74) is 7.01. The molecule has 13 heavy (non-hydrogen) atoms. The highest BCUT2D eigenvalue weighted by atomic mass is 35.5. The topological polar surface area (TPSA) is 26.0 Å². The molecular weight excluding hydrogens is 205 g/mol. The van der Waals surface area contributed by atoms with E-state index in [-0.39, 0.29) is 6.04 Å². The first-order chi connectivity index (χ1) is 6.18. The summed E-state index contributed by atoms with van der Waals surface area (Å²) in [6, 6.07) is 5.91. The second kappa shape index (κ2) is 3.49. The van der Waals surface area contributed by atoms with Gasteiger partial charge in [-0.2, -0.15) is 0 Å². The van der Waals surface area contributed by atoms with Crippen molar-refractivity contribution in [2.75, 3.05) is 0 Å². The molecule has 1 aromatic carbocycles. The molecule has 0 heterocycles. The Balaban J connectivity index is 2.30. The maximum absolute atomic E-state index is 6.06. The van der Waals surface area contributed by atoms with Crippen LogP contribution in [0.15, 0.2) is 18.2 Å². The minimum atomic E-state index is 0.277. The van der Waals surface area contributed by atoms with E-state index in [1.54, 1.807) is 6.07 Å². The van der Waals surface area contributed by atoms with Crippen LogP contribution in [0.3, 0.4) is 0 Å². The lowest BCUT2D eigenvalue weighted by atomic mass is 9.76. The van der Waals surface area contributed by atoms with Gasteiger partial charge in [0.15, 0.2) is 0 Å². The molecule has 2 N–H and O–H groups in total. The molecule has 0 amide bonds. The van der Waals surface area contributed by atoms with E-state index in [4.69, 9.17) is 28.9 Å². The van der Waals surface area contributed by atoms with E-state index in [9.17, 15) is 0 Å². The molecule has 0 radical (unpaired) electrons. The van der Waals surface area contributed by atoms with Crippen LogP contribution in [0.4, 0.5) is 0 Å². The molecule has 3 heteroatoms. The summed E-state index contributed by atoms with van der Waals surface area (Å²) in [5.74, 6) is 0.435. The van der Waals surface area contributed by atoms with Crippen LogP contribution in [0.2, 0.25) is 10.0 Å². The summed E-state index contributed by atoms with van der Waals surface area (Å²) in [5, 5.41) is 1.43. The van der Waals surface area contributed by atoms with Crippen molar-refractivity contribution in [3.05, 3.63) is 33.8 Å². The van der Waals surface area contributed by atoms with Crippen molar-refractivity contribution < 1.29 is 0 Å². The van der Waals surface area contributed by atoms with E-state index in [0.29, 0.717) is 10.9 Å². The Morgan fingerprint density at radius 2 is 2.00 bits per heavy atom. The molecule has 0 bridgehead atoms. The fourth-order valence-corrected chi connectivity index (χ4v) is 2.26. The Labute approximate surface area is 87.8 Å². The largest absolute Gasteiger partial charge is 0.327 e. The third kappa shape index (κ3) is 1.69. The summed E-state index contributed by atoms with van der Waals surface area (Å²) in [7, 11) is 0. The van der Waals surface area contributed by atoms with Crippen LogP contribution in [0.5, 0.6) is 0 Å². The second-order valence-electron chi connectivity index (χ2n) is 3.51. The van der Waals surface area contributed by atoms with E-state index < -0.39 is 0 Å². The van der Waals surface area contributed by atoms with E-state index in [2.05, 4.69) is 0 Å².